The molecule has 4 heteroatoms. The summed E-state index contributed by atoms with van der Waals surface area (Å²) in [7, 11) is 0. The van der Waals surface area contributed by atoms with Crippen LogP contribution in [0.2, 0.25) is 0 Å². The lowest BCUT2D eigenvalue weighted by atomic mass is 9.74. The summed E-state index contributed by atoms with van der Waals surface area (Å²) >= 11 is 0. The number of halogens is 1. The first-order valence-electron chi connectivity index (χ1n) is 10.5. The molecule has 2 aromatic rings. The fourth-order valence-corrected chi connectivity index (χ4v) is 5.03. The molecule has 0 aromatic heterocycles. The van der Waals surface area contributed by atoms with Crippen molar-refractivity contribution in [1.29, 1.82) is 0 Å². The highest BCUT2D eigenvalue weighted by Gasteiger charge is 2.48. The molecule has 1 saturated carbocycles. The van der Waals surface area contributed by atoms with Gasteiger partial charge in [-0.2, -0.15) is 0 Å². The smallest absolute Gasteiger partial charge is 0.256 e. The molecule has 2 aliphatic rings. The van der Waals surface area contributed by atoms with E-state index in [4.69, 9.17) is 0 Å². The third-order valence-electron chi connectivity index (χ3n) is 6.88. The number of aliphatic hydroxyl groups excluding tert-OH is 1. The molecule has 0 atom stereocenters. The summed E-state index contributed by atoms with van der Waals surface area (Å²) in [6, 6.07) is 10.3. The molecule has 1 fully saturated rings. The fraction of sp³-hybridized carbons (Fsp3) is 0.400. The first kappa shape index (κ1) is 19.7. The summed E-state index contributed by atoms with van der Waals surface area (Å²) in [5, 5.41) is 14.4. The van der Waals surface area contributed by atoms with Crippen LogP contribution in [-0.2, 0) is 4.79 Å². The summed E-state index contributed by atoms with van der Waals surface area (Å²) < 4.78 is 13.4. The maximum absolute atomic E-state index is 13.4. The number of aryl methyl sites for hydroxylation is 1. The van der Waals surface area contributed by atoms with E-state index in [1.165, 1.54) is 12.1 Å². The van der Waals surface area contributed by atoms with Crippen molar-refractivity contribution < 1.29 is 14.3 Å². The van der Waals surface area contributed by atoms with Crippen molar-refractivity contribution in [3.63, 3.8) is 0 Å². The van der Waals surface area contributed by atoms with E-state index in [-0.39, 0.29) is 17.5 Å². The highest BCUT2D eigenvalue weighted by Crippen LogP contribution is 2.45. The van der Waals surface area contributed by atoms with Crippen LogP contribution in [0, 0.1) is 25.6 Å². The standard InChI is InChI=1S/C25H28FNO2/c1-4-17-11-13-25(14-12-17)23(28)22(24(29)27-25)21-15(2)5-10-20(16(21)3)18-6-8-19(26)9-7-18/h5-10,17,28H,4,11-14H2,1-3H3,(H,27,29). The molecule has 2 N–H and O–H groups in total. The number of hydrogen-bond donors (Lipinski definition) is 2. The number of aliphatic hydroxyl groups is 1. The third-order valence-corrected chi connectivity index (χ3v) is 6.88. The van der Waals surface area contributed by atoms with Gasteiger partial charge in [0.25, 0.3) is 5.91 Å². The first-order chi connectivity index (χ1) is 13.9. The molecule has 1 heterocycles. The van der Waals surface area contributed by atoms with Crippen LogP contribution in [0.25, 0.3) is 16.7 Å². The molecular weight excluding hydrogens is 365 g/mol. The minimum absolute atomic E-state index is 0.194. The van der Waals surface area contributed by atoms with Crippen LogP contribution in [0.5, 0.6) is 0 Å². The predicted octanol–water partition coefficient (Wildman–Crippen LogP) is 5.85. The van der Waals surface area contributed by atoms with E-state index in [2.05, 4.69) is 12.2 Å². The maximum atomic E-state index is 13.4. The van der Waals surface area contributed by atoms with Crippen molar-refractivity contribution in [1.82, 2.24) is 5.32 Å². The van der Waals surface area contributed by atoms with E-state index in [0.717, 1.165) is 59.9 Å². The quantitative estimate of drug-likeness (QED) is 0.687. The van der Waals surface area contributed by atoms with Gasteiger partial charge in [-0.05, 0) is 85.4 Å². The second kappa shape index (κ2) is 7.33. The summed E-state index contributed by atoms with van der Waals surface area (Å²) in [6.07, 6.45) is 4.73. The number of rotatable bonds is 3. The number of amides is 1. The summed E-state index contributed by atoms with van der Waals surface area (Å²) in [4.78, 5) is 13.0. The molecule has 1 aliphatic heterocycles. The molecule has 3 nitrogen and oxygen atoms in total. The number of nitrogens with one attached hydrogen (secondary N) is 1. The van der Waals surface area contributed by atoms with Crippen LogP contribution in [0.3, 0.4) is 0 Å². The normalized spacial score (nSPS) is 24.3. The topological polar surface area (TPSA) is 49.3 Å². The third kappa shape index (κ3) is 3.25. The molecule has 0 bridgehead atoms. The van der Waals surface area contributed by atoms with Gasteiger partial charge in [-0.3, -0.25) is 4.79 Å². The molecular formula is C25H28FNO2. The van der Waals surface area contributed by atoms with Gasteiger partial charge in [0.1, 0.15) is 11.6 Å². The Morgan fingerprint density at radius 2 is 1.76 bits per heavy atom. The minimum Gasteiger partial charge on any atom is -0.509 e. The van der Waals surface area contributed by atoms with Crippen molar-refractivity contribution in [3.8, 4) is 11.1 Å². The SMILES string of the molecule is CCC1CCC2(CC1)NC(=O)C(c1c(C)ccc(-c3ccc(F)cc3)c1C)=C2O. The van der Waals surface area contributed by atoms with E-state index in [9.17, 15) is 14.3 Å². The maximum Gasteiger partial charge on any atom is 0.256 e. The Balaban J connectivity index is 1.80. The lowest BCUT2D eigenvalue weighted by molar-refractivity contribution is -0.116. The minimum atomic E-state index is -0.622. The second-order valence-electron chi connectivity index (χ2n) is 8.55. The number of carbonyl (C=O) groups excluding carboxylic acids is 1. The molecule has 1 aliphatic carbocycles. The number of hydrogen-bond acceptors (Lipinski definition) is 2. The monoisotopic (exact) mass is 393 g/mol. The Kier molecular flexibility index (Phi) is 4.97. The Hall–Kier alpha value is -2.62. The van der Waals surface area contributed by atoms with Gasteiger partial charge < -0.3 is 10.4 Å². The second-order valence-corrected chi connectivity index (χ2v) is 8.55. The van der Waals surface area contributed by atoms with Gasteiger partial charge in [-0.25, -0.2) is 4.39 Å². The van der Waals surface area contributed by atoms with Crippen molar-refractivity contribution in [2.24, 2.45) is 5.92 Å². The van der Waals surface area contributed by atoms with Gasteiger partial charge in [0, 0.05) is 0 Å². The lowest BCUT2D eigenvalue weighted by Gasteiger charge is -2.37. The Bertz CT molecular complexity index is 983. The van der Waals surface area contributed by atoms with E-state index in [1.54, 1.807) is 12.1 Å². The molecule has 0 radical (unpaired) electrons. The lowest BCUT2D eigenvalue weighted by Crippen LogP contribution is -2.47. The molecule has 2 aromatic carbocycles. The number of benzene rings is 2. The molecule has 0 unspecified atom stereocenters. The van der Waals surface area contributed by atoms with Crippen LogP contribution in [0.4, 0.5) is 4.39 Å². The van der Waals surface area contributed by atoms with E-state index in [0.29, 0.717) is 11.5 Å². The van der Waals surface area contributed by atoms with Gasteiger partial charge in [-0.15, -0.1) is 0 Å². The molecule has 0 saturated heterocycles. The first-order valence-corrected chi connectivity index (χ1v) is 10.5. The highest BCUT2D eigenvalue weighted by molar-refractivity contribution is 6.24. The van der Waals surface area contributed by atoms with Crippen LogP contribution >= 0.6 is 0 Å². The summed E-state index contributed by atoms with van der Waals surface area (Å²) in [5.74, 6) is 0.387. The summed E-state index contributed by atoms with van der Waals surface area (Å²) in [5.41, 5.74) is 4.27. The van der Waals surface area contributed by atoms with Crippen LogP contribution in [0.1, 0.15) is 55.7 Å². The zero-order valence-electron chi connectivity index (χ0n) is 17.3. The summed E-state index contributed by atoms with van der Waals surface area (Å²) in [6.45, 7) is 6.13. The fourth-order valence-electron chi connectivity index (χ4n) is 5.03. The van der Waals surface area contributed by atoms with Crippen LogP contribution in [-0.4, -0.2) is 16.6 Å². The van der Waals surface area contributed by atoms with Gasteiger partial charge in [-0.1, -0.05) is 37.6 Å². The van der Waals surface area contributed by atoms with Crippen molar-refractivity contribution in [2.45, 2.75) is 58.4 Å². The largest absolute Gasteiger partial charge is 0.509 e. The van der Waals surface area contributed by atoms with Crippen LogP contribution < -0.4 is 5.32 Å². The zero-order chi connectivity index (χ0) is 20.8. The number of carbonyl (C=O) groups is 1. The van der Waals surface area contributed by atoms with Gasteiger partial charge in [0.05, 0.1) is 11.1 Å². The predicted molar refractivity (Wildman–Crippen MR) is 114 cm³/mol. The van der Waals surface area contributed by atoms with Crippen molar-refractivity contribution >= 4 is 11.5 Å². The Morgan fingerprint density at radius 1 is 1.10 bits per heavy atom. The van der Waals surface area contributed by atoms with Crippen LogP contribution in [0.15, 0.2) is 42.2 Å². The van der Waals surface area contributed by atoms with E-state index < -0.39 is 5.54 Å². The molecule has 152 valence electrons. The highest BCUT2D eigenvalue weighted by atomic mass is 19.1. The Morgan fingerprint density at radius 3 is 2.38 bits per heavy atom. The zero-order valence-corrected chi connectivity index (χ0v) is 17.3. The van der Waals surface area contributed by atoms with E-state index >= 15 is 0 Å². The molecule has 1 amide bonds. The van der Waals surface area contributed by atoms with Crippen molar-refractivity contribution in [3.05, 3.63) is 64.7 Å². The molecule has 29 heavy (non-hydrogen) atoms. The van der Waals surface area contributed by atoms with Crippen molar-refractivity contribution in [2.75, 3.05) is 0 Å². The average molecular weight is 394 g/mol. The van der Waals surface area contributed by atoms with Gasteiger partial charge in [0.15, 0.2) is 0 Å². The Labute approximate surface area is 171 Å². The van der Waals surface area contributed by atoms with E-state index in [1.807, 2.05) is 26.0 Å². The molecule has 4 rings (SSSR count). The molecule has 1 spiro atoms. The van der Waals surface area contributed by atoms with Gasteiger partial charge >= 0.3 is 0 Å². The van der Waals surface area contributed by atoms with Gasteiger partial charge in [0.2, 0.25) is 0 Å². The average Bonchev–Trinajstić information content (AvgIpc) is 2.94.